The molecule has 0 saturated heterocycles. The fourth-order valence-electron chi connectivity index (χ4n) is 7.27. The Morgan fingerprint density at radius 2 is 1.61 bits per heavy atom. The van der Waals surface area contributed by atoms with Gasteiger partial charge in [-0.3, -0.25) is 24.1 Å². The number of phenolic OH excluding ortho intramolecular Hbond substituents is 1. The van der Waals surface area contributed by atoms with Crippen molar-refractivity contribution in [1.82, 2.24) is 9.80 Å². The molecule has 3 aliphatic carbocycles. The van der Waals surface area contributed by atoms with E-state index in [0.29, 0.717) is 11.3 Å². The number of hydrogen-bond donors (Lipinski definition) is 5. The van der Waals surface area contributed by atoms with E-state index in [4.69, 9.17) is 15.2 Å². The molecule has 2 amide bonds. The van der Waals surface area contributed by atoms with Crippen molar-refractivity contribution in [3.8, 4) is 5.75 Å². The lowest BCUT2D eigenvalue weighted by Gasteiger charge is -2.50. The van der Waals surface area contributed by atoms with E-state index in [-0.39, 0.29) is 42.6 Å². The maximum Gasteiger partial charge on any atom is 0.412 e. The number of nitrogens with zero attached hydrogens (tertiary/aromatic N) is 3. The molecule has 4 atom stereocenters. The van der Waals surface area contributed by atoms with Crippen molar-refractivity contribution in [2.45, 2.75) is 72.6 Å². The summed E-state index contributed by atoms with van der Waals surface area (Å²) in [7, 11) is 6.57. The van der Waals surface area contributed by atoms with Crippen molar-refractivity contribution in [1.29, 1.82) is 0 Å². The van der Waals surface area contributed by atoms with Gasteiger partial charge in [-0.1, -0.05) is 20.8 Å². The zero-order valence-electron chi connectivity index (χ0n) is 30.9. The largest absolute Gasteiger partial charge is 0.508 e. The summed E-state index contributed by atoms with van der Waals surface area (Å²) in [5.74, 6) is -8.04. The molecule has 0 aliphatic heterocycles. The van der Waals surface area contributed by atoms with Crippen LogP contribution < -0.4 is 10.6 Å². The summed E-state index contributed by atoms with van der Waals surface area (Å²) in [5, 5.41) is 46.7. The number of benzene rings is 1. The van der Waals surface area contributed by atoms with Crippen molar-refractivity contribution in [3.05, 3.63) is 39.7 Å². The Morgan fingerprint density at radius 1 is 1.00 bits per heavy atom. The number of phenols is 1. The van der Waals surface area contributed by atoms with Crippen LogP contribution in [-0.2, 0) is 41.6 Å². The molecule has 1 aromatic rings. The van der Waals surface area contributed by atoms with Gasteiger partial charge in [0.1, 0.15) is 22.8 Å². The van der Waals surface area contributed by atoms with Gasteiger partial charge in [-0.25, -0.2) is 4.79 Å². The number of carbonyl (C=O) groups excluding carboxylic acids is 5. The third-order valence-corrected chi connectivity index (χ3v) is 9.53. The average molecular weight is 715 g/mol. The lowest BCUT2D eigenvalue weighted by atomic mass is 9.57. The Labute approximate surface area is 297 Å². The molecular formula is C36H50N4O11. The lowest BCUT2D eigenvalue weighted by molar-refractivity contribution is -0.162. The zero-order chi connectivity index (χ0) is 38.7. The smallest absolute Gasteiger partial charge is 0.412 e. The Kier molecular flexibility index (Phi) is 10.4. The van der Waals surface area contributed by atoms with Crippen LogP contribution in [0.5, 0.6) is 5.75 Å². The normalized spacial score (nSPS) is 23.4. The highest BCUT2D eigenvalue weighted by atomic mass is 16.7. The van der Waals surface area contributed by atoms with Gasteiger partial charge in [-0.15, -0.1) is 0 Å². The maximum atomic E-state index is 14.3. The SMILES string of the molecule is CN(C)c1cc(CN(CC(C)(C)C)C(=O)OCOC(=O)C(C)(C)C)c(O)c2c1C[C@H]1C[C@H]3[C@H](N(C)C)C(=O)C(C(N)=O)=C(O)[C@@]3(O)C(=O)C1=C2O. The first kappa shape index (κ1) is 39.2. The topological polar surface area (TPSA) is 220 Å². The third-order valence-electron chi connectivity index (χ3n) is 9.53. The highest BCUT2D eigenvalue weighted by Crippen LogP contribution is 2.54. The number of Topliss-reactive ketones (excluding diaryl/α,β-unsaturated/α-hetero) is 2. The number of likely N-dealkylation sites (N-methyl/N-ethyl adjacent to an activating group) is 1. The number of fused-ring (bicyclic) bond motifs is 3. The van der Waals surface area contributed by atoms with Crippen LogP contribution in [0.2, 0.25) is 0 Å². The van der Waals surface area contributed by atoms with Crippen LogP contribution in [0, 0.1) is 22.7 Å². The van der Waals surface area contributed by atoms with Crippen LogP contribution in [0.1, 0.15) is 64.7 Å². The minimum atomic E-state index is -2.77. The quantitative estimate of drug-likeness (QED) is 0.149. The number of carbonyl (C=O) groups is 5. The number of primary amides is 1. The molecule has 51 heavy (non-hydrogen) atoms. The van der Waals surface area contributed by atoms with E-state index in [2.05, 4.69) is 0 Å². The summed E-state index contributed by atoms with van der Waals surface area (Å²) in [6.45, 7) is 9.95. The molecule has 1 saturated carbocycles. The summed E-state index contributed by atoms with van der Waals surface area (Å²) in [4.78, 5) is 70.0. The fourth-order valence-corrected chi connectivity index (χ4v) is 7.27. The first-order chi connectivity index (χ1) is 23.3. The number of anilines is 1. The molecular weight excluding hydrogens is 664 g/mol. The van der Waals surface area contributed by atoms with Crippen LogP contribution >= 0.6 is 0 Å². The minimum absolute atomic E-state index is 0.0495. The Hall–Kier alpha value is -4.63. The summed E-state index contributed by atoms with van der Waals surface area (Å²) >= 11 is 0. The van der Waals surface area contributed by atoms with E-state index < -0.39 is 93.5 Å². The van der Waals surface area contributed by atoms with Gasteiger partial charge in [-0.2, -0.15) is 0 Å². The second-order valence-corrected chi connectivity index (χ2v) is 16.2. The molecule has 0 radical (unpaired) electrons. The van der Waals surface area contributed by atoms with Crippen molar-refractivity contribution in [2.75, 3.05) is 46.4 Å². The number of rotatable bonds is 8. The van der Waals surface area contributed by atoms with E-state index in [1.54, 1.807) is 45.8 Å². The number of aromatic hydroxyl groups is 1. The Balaban J connectivity index is 1.83. The summed E-state index contributed by atoms with van der Waals surface area (Å²) in [6, 6.07) is 0.466. The molecule has 0 spiro atoms. The molecule has 4 rings (SSSR count). The molecule has 6 N–H and O–H groups in total. The number of aliphatic hydroxyl groups excluding tert-OH is 2. The fraction of sp³-hybridized carbons (Fsp3) is 0.583. The van der Waals surface area contributed by atoms with Gasteiger partial charge in [0, 0.05) is 43.4 Å². The Bertz CT molecular complexity index is 1730. The predicted octanol–water partition coefficient (Wildman–Crippen LogP) is 2.56. The van der Waals surface area contributed by atoms with Crippen molar-refractivity contribution in [3.63, 3.8) is 0 Å². The zero-order valence-corrected chi connectivity index (χ0v) is 30.9. The van der Waals surface area contributed by atoms with Crippen molar-refractivity contribution in [2.24, 2.45) is 28.4 Å². The van der Waals surface area contributed by atoms with E-state index in [0.717, 1.165) is 0 Å². The van der Waals surface area contributed by atoms with Gasteiger partial charge < -0.3 is 45.4 Å². The first-order valence-electron chi connectivity index (χ1n) is 16.6. The average Bonchev–Trinajstić information content (AvgIpc) is 2.98. The molecule has 0 bridgehead atoms. The molecule has 0 heterocycles. The van der Waals surface area contributed by atoms with Gasteiger partial charge in [0.15, 0.2) is 11.4 Å². The molecule has 1 aromatic carbocycles. The van der Waals surface area contributed by atoms with Crippen molar-refractivity contribution >= 4 is 41.0 Å². The molecule has 0 unspecified atom stereocenters. The van der Waals surface area contributed by atoms with Crippen LogP contribution in [-0.4, -0.2) is 113 Å². The maximum absolute atomic E-state index is 14.3. The Morgan fingerprint density at radius 3 is 2.12 bits per heavy atom. The highest BCUT2D eigenvalue weighted by Gasteiger charge is 2.64. The molecule has 0 aromatic heterocycles. The standard InChI is InChI=1S/C36H50N4O11/c1-34(2,3)15-40(33(48)51-16-50-32(47)35(4,5)6)14-18-13-21(38(7)8)19-11-17-12-20-25(39(9)10)28(43)24(31(37)46)30(45)36(20,49)29(44)22(17)27(42)23(19)26(18)41/h13,17,20,25,41-42,45,49H,11-12,14-16H2,1-10H3,(H2,37,46)/t17-,20-,25-,36-/m0/s1. The molecule has 15 heteroatoms. The predicted molar refractivity (Wildman–Crippen MR) is 185 cm³/mol. The molecule has 1 fully saturated rings. The summed E-state index contributed by atoms with van der Waals surface area (Å²) in [6.07, 6.45) is -0.780. The van der Waals surface area contributed by atoms with Gasteiger partial charge in [-0.05, 0) is 70.7 Å². The van der Waals surface area contributed by atoms with Crippen molar-refractivity contribution < 1.29 is 53.9 Å². The molecule has 280 valence electrons. The van der Waals surface area contributed by atoms with Crippen LogP contribution in [0.25, 0.3) is 5.76 Å². The van der Waals surface area contributed by atoms with Gasteiger partial charge in [0.2, 0.25) is 12.6 Å². The monoisotopic (exact) mass is 714 g/mol. The number of hydrogen-bond acceptors (Lipinski definition) is 13. The number of ketones is 2. The van der Waals surface area contributed by atoms with E-state index in [1.165, 1.54) is 23.9 Å². The number of amides is 2. The number of esters is 1. The second kappa shape index (κ2) is 13.5. The lowest BCUT2D eigenvalue weighted by Crippen LogP contribution is -2.65. The number of nitrogens with two attached hydrogens (primary N) is 1. The van der Waals surface area contributed by atoms with E-state index >= 15 is 0 Å². The first-order valence-corrected chi connectivity index (χ1v) is 16.6. The number of ether oxygens (including phenoxy) is 2. The molecule has 3 aliphatic rings. The minimum Gasteiger partial charge on any atom is -0.508 e. The van der Waals surface area contributed by atoms with E-state index in [1.807, 2.05) is 20.8 Å². The highest BCUT2D eigenvalue weighted by molar-refractivity contribution is 6.24. The summed E-state index contributed by atoms with van der Waals surface area (Å²) < 4.78 is 10.4. The molecule has 15 nitrogen and oxygen atoms in total. The van der Waals surface area contributed by atoms with Crippen LogP contribution in [0.3, 0.4) is 0 Å². The second-order valence-electron chi connectivity index (χ2n) is 16.2. The van der Waals surface area contributed by atoms with Gasteiger partial charge in [0.25, 0.3) is 5.91 Å². The summed E-state index contributed by atoms with van der Waals surface area (Å²) in [5.41, 5.74) is 1.33. The van der Waals surface area contributed by atoms with E-state index in [9.17, 15) is 44.4 Å². The number of aliphatic hydroxyl groups is 3. The third kappa shape index (κ3) is 7.01. The van der Waals surface area contributed by atoms with Gasteiger partial charge in [0.05, 0.1) is 23.6 Å². The van der Waals surface area contributed by atoms with Gasteiger partial charge >= 0.3 is 12.1 Å². The van der Waals surface area contributed by atoms with Crippen LogP contribution in [0.15, 0.2) is 23.0 Å². The van der Waals surface area contributed by atoms with Crippen LogP contribution in [0.4, 0.5) is 10.5 Å².